The molecule has 1 heterocycles. The van der Waals surface area contributed by atoms with Crippen LogP contribution in [0.25, 0.3) is 0 Å². The van der Waals surface area contributed by atoms with Gasteiger partial charge in [0.15, 0.2) is 0 Å². The van der Waals surface area contributed by atoms with Crippen molar-refractivity contribution in [3.05, 3.63) is 27.7 Å². The average molecular weight is 180 g/mol. The predicted molar refractivity (Wildman–Crippen MR) is 43.8 cm³/mol. The van der Waals surface area contributed by atoms with Gasteiger partial charge in [0.1, 0.15) is 5.56 Å². The largest absolute Gasteiger partial charge is 0.477 e. The van der Waals surface area contributed by atoms with Crippen molar-refractivity contribution in [1.82, 2.24) is 10.2 Å². The van der Waals surface area contributed by atoms with E-state index in [9.17, 15) is 9.59 Å². The van der Waals surface area contributed by atoms with Gasteiger partial charge in [-0.15, -0.1) is 0 Å². The molecule has 5 heteroatoms. The summed E-state index contributed by atoms with van der Waals surface area (Å²) < 4.78 is 0. The summed E-state index contributed by atoms with van der Waals surface area (Å²) in [4.78, 5) is 21.5. The molecule has 0 aliphatic heterocycles. The summed E-state index contributed by atoms with van der Waals surface area (Å²) in [7, 11) is 0. The summed E-state index contributed by atoms with van der Waals surface area (Å²) in [6.07, 6.45) is 2.05. The first kappa shape index (κ1) is 7.97. The maximum absolute atomic E-state index is 11.0. The number of carbonyl (C=O) groups is 1. The molecule has 1 aromatic rings. The van der Waals surface area contributed by atoms with Gasteiger partial charge in [0.2, 0.25) is 0 Å². The number of nitrogens with zero attached hydrogens (tertiary/aromatic N) is 1. The smallest absolute Gasteiger partial charge is 0.341 e. The van der Waals surface area contributed by atoms with Gasteiger partial charge in [-0.05, 0) is 18.9 Å². The molecule has 2 rings (SSSR count). The van der Waals surface area contributed by atoms with E-state index in [0.717, 1.165) is 12.8 Å². The number of nitrogens with one attached hydrogen (secondary N) is 1. The van der Waals surface area contributed by atoms with Crippen molar-refractivity contribution in [2.45, 2.75) is 18.8 Å². The molecule has 2 N–H and O–H groups in total. The molecule has 0 atom stereocenters. The molecule has 1 aliphatic rings. The standard InChI is InChI=1S/C8H8N2O3/c11-7-5(8(12)13)3-6(9-10-7)4-1-2-4/h3-4H,1-2H2,(H,10,11)(H,12,13). The molecule has 1 aliphatic carbocycles. The molecule has 0 bridgehead atoms. The zero-order valence-electron chi connectivity index (χ0n) is 6.78. The Hall–Kier alpha value is -1.65. The lowest BCUT2D eigenvalue weighted by Crippen LogP contribution is -2.19. The minimum absolute atomic E-state index is 0.225. The Balaban J connectivity index is 2.47. The van der Waals surface area contributed by atoms with Crippen LogP contribution in [0.2, 0.25) is 0 Å². The van der Waals surface area contributed by atoms with Crippen LogP contribution in [-0.4, -0.2) is 21.3 Å². The first-order valence-electron chi connectivity index (χ1n) is 4.01. The van der Waals surface area contributed by atoms with E-state index in [2.05, 4.69) is 10.2 Å². The molecule has 13 heavy (non-hydrogen) atoms. The molecule has 1 aromatic heterocycles. The van der Waals surface area contributed by atoms with Gasteiger partial charge >= 0.3 is 5.97 Å². The molecule has 1 fully saturated rings. The van der Waals surface area contributed by atoms with E-state index in [4.69, 9.17) is 5.11 Å². The highest BCUT2D eigenvalue weighted by Gasteiger charge is 2.26. The van der Waals surface area contributed by atoms with Crippen molar-refractivity contribution in [2.24, 2.45) is 0 Å². The van der Waals surface area contributed by atoms with Gasteiger partial charge in [0.25, 0.3) is 5.56 Å². The van der Waals surface area contributed by atoms with Crippen LogP contribution in [0.4, 0.5) is 0 Å². The number of carboxylic acid groups (broad SMARTS) is 1. The quantitative estimate of drug-likeness (QED) is 0.687. The van der Waals surface area contributed by atoms with Crippen molar-refractivity contribution in [3.63, 3.8) is 0 Å². The number of aromatic carboxylic acids is 1. The van der Waals surface area contributed by atoms with Crippen molar-refractivity contribution >= 4 is 5.97 Å². The number of hydrogen-bond acceptors (Lipinski definition) is 3. The highest BCUT2D eigenvalue weighted by molar-refractivity contribution is 5.87. The van der Waals surface area contributed by atoms with Crippen LogP contribution in [-0.2, 0) is 0 Å². The maximum Gasteiger partial charge on any atom is 0.341 e. The van der Waals surface area contributed by atoms with Gasteiger partial charge in [-0.2, -0.15) is 5.10 Å². The third kappa shape index (κ3) is 1.44. The summed E-state index contributed by atoms with van der Waals surface area (Å²) in [5.74, 6) is -0.861. The summed E-state index contributed by atoms with van der Waals surface area (Å²) >= 11 is 0. The zero-order chi connectivity index (χ0) is 9.42. The summed E-state index contributed by atoms with van der Waals surface area (Å²) in [6.45, 7) is 0. The van der Waals surface area contributed by atoms with Gasteiger partial charge in [-0.25, -0.2) is 9.89 Å². The van der Waals surface area contributed by atoms with Crippen molar-refractivity contribution < 1.29 is 9.90 Å². The lowest BCUT2D eigenvalue weighted by Gasteiger charge is -1.96. The van der Waals surface area contributed by atoms with E-state index in [-0.39, 0.29) is 5.56 Å². The van der Waals surface area contributed by atoms with Crippen LogP contribution in [0.5, 0.6) is 0 Å². The fourth-order valence-electron chi connectivity index (χ4n) is 1.17. The highest BCUT2D eigenvalue weighted by atomic mass is 16.4. The number of carboxylic acids is 1. The first-order valence-corrected chi connectivity index (χ1v) is 4.01. The monoisotopic (exact) mass is 180 g/mol. The minimum Gasteiger partial charge on any atom is -0.477 e. The third-order valence-corrected chi connectivity index (χ3v) is 2.05. The SMILES string of the molecule is O=C(O)c1cc(C2CC2)n[nH]c1=O. The molecule has 68 valence electrons. The molecule has 0 saturated heterocycles. The van der Waals surface area contributed by atoms with Crippen LogP contribution >= 0.6 is 0 Å². The summed E-state index contributed by atoms with van der Waals surface area (Å²) in [5.41, 5.74) is -0.189. The summed E-state index contributed by atoms with van der Waals surface area (Å²) in [5, 5.41) is 14.6. The second kappa shape index (κ2) is 2.69. The third-order valence-electron chi connectivity index (χ3n) is 2.05. The fourth-order valence-corrected chi connectivity index (χ4v) is 1.17. The number of rotatable bonds is 2. The van der Waals surface area contributed by atoms with Crippen LogP contribution < -0.4 is 5.56 Å². The number of H-pyrrole nitrogens is 1. The number of aromatic amines is 1. The molecule has 0 unspecified atom stereocenters. The topological polar surface area (TPSA) is 83.0 Å². The van der Waals surface area contributed by atoms with Crippen LogP contribution in [0.15, 0.2) is 10.9 Å². The van der Waals surface area contributed by atoms with Gasteiger partial charge in [0.05, 0.1) is 5.69 Å². The minimum atomic E-state index is -1.20. The maximum atomic E-state index is 11.0. The summed E-state index contributed by atoms with van der Waals surface area (Å²) in [6, 6.07) is 1.36. The highest BCUT2D eigenvalue weighted by Crippen LogP contribution is 2.38. The van der Waals surface area contributed by atoms with E-state index in [1.165, 1.54) is 6.07 Å². The van der Waals surface area contributed by atoms with E-state index in [0.29, 0.717) is 11.6 Å². The Bertz CT molecular complexity index is 406. The Morgan fingerprint density at radius 3 is 2.85 bits per heavy atom. The molecule has 0 amide bonds. The Labute approximate surface area is 73.4 Å². The molecule has 0 aromatic carbocycles. The number of aromatic nitrogens is 2. The first-order chi connectivity index (χ1) is 6.18. The molecular formula is C8H8N2O3. The second-order valence-electron chi connectivity index (χ2n) is 3.12. The van der Waals surface area contributed by atoms with Gasteiger partial charge < -0.3 is 5.11 Å². The van der Waals surface area contributed by atoms with Crippen molar-refractivity contribution in [3.8, 4) is 0 Å². The van der Waals surface area contributed by atoms with Crippen LogP contribution in [0.3, 0.4) is 0 Å². The van der Waals surface area contributed by atoms with E-state index in [1.54, 1.807) is 0 Å². The molecule has 5 nitrogen and oxygen atoms in total. The van der Waals surface area contributed by atoms with Gasteiger partial charge in [-0.3, -0.25) is 4.79 Å². The van der Waals surface area contributed by atoms with Gasteiger partial charge in [-0.1, -0.05) is 0 Å². The van der Waals surface area contributed by atoms with Crippen LogP contribution in [0.1, 0.15) is 34.8 Å². The van der Waals surface area contributed by atoms with E-state index < -0.39 is 11.5 Å². The Morgan fingerprint density at radius 2 is 2.31 bits per heavy atom. The Morgan fingerprint density at radius 1 is 1.62 bits per heavy atom. The lowest BCUT2D eigenvalue weighted by molar-refractivity contribution is 0.0694. The molecular weight excluding hydrogens is 172 g/mol. The lowest BCUT2D eigenvalue weighted by atomic mass is 10.2. The fraction of sp³-hybridized carbons (Fsp3) is 0.375. The molecule has 0 radical (unpaired) electrons. The molecule has 0 spiro atoms. The zero-order valence-corrected chi connectivity index (χ0v) is 6.78. The Kier molecular flexibility index (Phi) is 1.65. The second-order valence-corrected chi connectivity index (χ2v) is 3.12. The van der Waals surface area contributed by atoms with Gasteiger partial charge in [0, 0.05) is 5.92 Å². The van der Waals surface area contributed by atoms with Crippen molar-refractivity contribution in [1.29, 1.82) is 0 Å². The van der Waals surface area contributed by atoms with Crippen molar-refractivity contribution in [2.75, 3.05) is 0 Å². The normalized spacial score (nSPS) is 15.7. The number of hydrogen-bond donors (Lipinski definition) is 2. The molecule has 1 saturated carbocycles. The van der Waals surface area contributed by atoms with E-state index >= 15 is 0 Å². The van der Waals surface area contributed by atoms with Crippen LogP contribution in [0, 0.1) is 0 Å². The average Bonchev–Trinajstić information content (AvgIpc) is 2.87. The van der Waals surface area contributed by atoms with E-state index in [1.807, 2.05) is 0 Å². The predicted octanol–water partition coefficient (Wildman–Crippen LogP) is 0.345.